The third-order valence-electron chi connectivity index (χ3n) is 6.32. The van der Waals surface area contributed by atoms with Crippen LogP contribution in [0, 0.1) is 5.92 Å². The zero-order valence-corrected chi connectivity index (χ0v) is 21.5. The van der Waals surface area contributed by atoms with Crippen LogP contribution in [-0.4, -0.2) is 96.4 Å². The molecule has 1 aromatic carbocycles. The first-order valence-electron chi connectivity index (χ1n) is 12.0. The van der Waals surface area contributed by atoms with E-state index in [1.807, 2.05) is 45.0 Å². The average molecular weight is 490 g/mol. The van der Waals surface area contributed by atoms with Gasteiger partial charge in [0.05, 0.1) is 19.2 Å². The number of rotatable bonds is 10. The van der Waals surface area contributed by atoms with Crippen LogP contribution in [0.5, 0.6) is 0 Å². The van der Waals surface area contributed by atoms with E-state index in [2.05, 4.69) is 5.32 Å². The first-order valence-corrected chi connectivity index (χ1v) is 12.0. The molecule has 0 saturated carbocycles. The molecule has 2 rings (SSSR count). The van der Waals surface area contributed by atoms with Crippen LogP contribution < -0.4 is 16.0 Å². The van der Waals surface area contributed by atoms with E-state index in [-0.39, 0.29) is 36.6 Å². The predicted octanol–water partition coefficient (Wildman–Crippen LogP) is 0.234. The first kappa shape index (κ1) is 28.3. The summed E-state index contributed by atoms with van der Waals surface area (Å²) in [7, 11) is 3.81. The van der Waals surface area contributed by atoms with Crippen molar-refractivity contribution in [2.24, 2.45) is 11.7 Å². The normalized spacial score (nSPS) is 19.5. The average Bonchev–Trinajstić information content (AvgIpc) is 3.11. The van der Waals surface area contributed by atoms with E-state index in [1.54, 1.807) is 26.0 Å². The van der Waals surface area contributed by atoms with Crippen LogP contribution in [0.15, 0.2) is 24.3 Å². The Hall–Kier alpha value is -2.98. The summed E-state index contributed by atoms with van der Waals surface area (Å²) in [6.45, 7) is 6.88. The van der Waals surface area contributed by atoms with Gasteiger partial charge in [0, 0.05) is 31.9 Å². The molecular formula is C25H39N5O5. The number of anilines is 1. The summed E-state index contributed by atoms with van der Waals surface area (Å²) in [5, 5.41) is 12.1. The highest BCUT2D eigenvalue weighted by Crippen LogP contribution is 2.23. The molecule has 3 amide bonds. The van der Waals surface area contributed by atoms with Gasteiger partial charge in [-0.25, -0.2) is 0 Å². The lowest BCUT2D eigenvalue weighted by molar-refractivity contribution is -0.141. The lowest BCUT2D eigenvalue weighted by atomic mass is 9.99. The molecule has 10 heteroatoms. The highest BCUT2D eigenvalue weighted by Gasteiger charge is 2.46. The molecule has 1 fully saturated rings. The number of likely N-dealkylation sites (tertiary alicyclic amines) is 1. The topological polar surface area (TPSA) is 136 Å². The smallest absolute Gasteiger partial charge is 0.251 e. The SMILES string of the molecule is CCN(C(=O)[C@H](CC(C)C)NC(=O)c1ccc(N(C)C)cc1)[C@@H]1C(=O)CN(C(=O)[C@@H](N)CO)[C@@H]1C. The van der Waals surface area contributed by atoms with Crippen molar-refractivity contribution >= 4 is 29.2 Å². The van der Waals surface area contributed by atoms with Gasteiger partial charge in [-0.2, -0.15) is 0 Å². The molecule has 4 N–H and O–H groups in total. The van der Waals surface area contributed by atoms with E-state index in [0.29, 0.717) is 12.0 Å². The van der Waals surface area contributed by atoms with Gasteiger partial charge >= 0.3 is 0 Å². The van der Waals surface area contributed by atoms with Crippen LogP contribution in [0.25, 0.3) is 0 Å². The molecule has 0 unspecified atom stereocenters. The maximum absolute atomic E-state index is 13.6. The molecule has 1 saturated heterocycles. The number of ketones is 1. The van der Waals surface area contributed by atoms with Crippen LogP contribution >= 0.6 is 0 Å². The lowest BCUT2D eigenvalue weighted by Crippen LogP contribution is -2.57. The minimum absolute atomic E-state index is 0.108. The fraction of sp³-hybridized carbons (Fsp3) is 0.600. The van der Waals surface area contributed by atoms with Crippen molar-refractivity contribution < 1.29 is 24.3 Å². The molecule has 1 aliphatic rings. The molecule has 0 bridgehead atoms. The maximum atomic E-state index is 13.6. The Kier molecular flexibility index (Phi) is 9.79. The summed E-state index contributed by atoms with van der Waals surface area (Å²) < 4.78 is 0. The van der Waals surface area contributed by atoms with Gasteiger partial charge in [-0.1, -0.05) is 13.8 Å². The second kappa shape index (κ2) is 12.1. The number of benzene rings is 1. The van der Waals surface area contributed by atoms with E-state index >= 15 is 0 Å². The number of carbonyl (C=O) groups excluding carboxylic acids is 4. The third kappa shape index (κ3) is 6.58. The Morgan fingerprint density at radius 3 is 2.29 bits per heavy atom. The van der Waals surface area contributed by atoms with Crippen LogP contribution in [0.1, 0.15) is 44.5 Å². The maximum Gasteiger partial charge on any atom is 0.251 e. The molecule has 10 nitrogen and oxygen atoms in total. The van der Waals surface area contributed by atoms with Gasteiger partial charge < -0.3 is 30.9 Å². The molecule has 35 heavy (non-hydrogen) atoms. The van der Waals surface area contributed by atoms with E-state index in [9.17, 15) is 24.3 Å². The van der Waals surface area contributed by atoms with Gasteiger partial charge in [-0.05, 0) is 50.5 Å². The third-order valence-corrected chi connectivity index (χ3v) is 6.32. The minimum Gasteiger partial charge on any atom is -0.394 e. The van der Waals surface area contributed by atoms with Crippen molar-refractivity contribution in [1.82, 2.24) is 15.1 Å². The fourth-order valence-corrected chi connectivity index (χ4v) is 4.38. The van der Waals surface area contributed by atoms with Gasteiger partial charge in [0.25, 0.3) is 5.91 Å². The summed E-state index contributed by atoms with van der Waals surface area (Å²) in [6, 6.07) is 3.65. The van der Waals surface area contributed by atoms with Gasteiger partial charge in [0.1, 0.15) is 18.1 Å². The Bertz CT molecular complexity index is 917. The summed E-state index contributed by atoms with van der Waals surface area (Å²) in [6.07, 6.45) is 0.393. The quantitative estimate of drug-likeness (QED) is 0.428. The molecule has 4 atom stereocenters. The number of hydrogen-bond donors (Lipinski definition) is 3. The highest BCUT2D eigenvalue weighted by molar-refractivity contribution is 6.00. The summed E-state index contributed by atoms with van der Waals surface area (Å²) in [5.74, 6) is -1.45. The van der Waals surface area contributed by atoms with Crippen molar-refractivity contribution in [2.75, 3.05) is 38.7 Å². The zero-order chi connectivity index (χ0) is 26.4. The molecule has 1 aromatic rings. The highest BCUT2D eigenvalue weighted by atomic mass is 16.3. The summed E-state index contributed by atoms with van der Waals surface area (Å²) in [4.78, 5) is 56.7. The molecule has 0 spiro atoms. The van der Waals surface area contributed by atoms with Gasteiger partial charge in [0.2, 0.25) is 11.8 Å². The monoisotopic (exact) mass is 489 g/mol. The Morgan fingerprint density at radius 2 is 1.80 bits per heavy atom. The Morgan fingerprint density at radius 1 is 1.20 bits per heavy atom. The van der Waals surface area contributed by atoms with E-state index in [0.717, 1.165) is 5.69 Å². The largest absolute Gasteiger partial charge is 0.394 e. The Labute approximate surface area is 207 Å². The lowest BCUT2D eigenvalue weighted by Gasteiger charge is -2.35. The number of likely N-dealkylation sites (N-methyl/N-ethyl adjacent to an activating group) is 1. The van der Waals surface area contributed by atoms with Gasteiger partial charge in [0.15, 0.2) is 5.78 Å². The standard InChI is InChI=1S/C25H39N5O5/c1-7-29(22-16(4)30(13-21(22)32)24(34)19(26)14-31)25(35)20(12-15(2)3)27-23(33)17-8-10-18(11-9-17)28(5)6/h8-11,15-16,19-20,22,31H,7,12-14,26H2,1-6H3,(H,27,33)/t16-,19+,20+,22+/m1/s1. The van der Waals surface area contributed by atoms with Gasteiger partial charge in [-0.3, -0.25) is 19.2 Å². The number of amides is 3. The summed E-state index contributed by atoms with van der Waals surface area (Å²) >= 11 is 0. The van der Waals surface area contributed by atoms with Crippen molar-refractivity contribution in [2.45, 2.75) is 58.3 Å². The molecule has 0 radical (unpaired) electrons. The van der Waals surface area contributed by atoms with Crippen LogP contribution in [0.3, 0.4) is 0 Å². The molecular weight excluding hydrogens is 450 g/mol. The van der Waals surface area contributed by atoms with Crippen LogP contribution in [0.4, 0.5) is 5.69 Å². The second-order valence-corrected chi connectivity index (χ2v) is 9.63. The molecule has 0 aliphatic carbocycles. The number of hydrogen-bond acceptors (Lipinski definition) is 7. The van der Waals surface area contributed by atoms with Crippen LogP contribution in [0.2, 0.25) is 0 Å². The number of aliphatic hydroxyl groups is 1. The predicted molar refractivity (Wildman–Crippen MR) is 134 cm³/mol. The minimum atomic E-state index is -1.12. The van der Waals surface area contributed by atoms with Gasteiger partial charge in [-0.15, -0.1) is 0 Å². The van der Waals surface area contributed by atoms with Crippen LogP contribution in [-0.2, 0) is 14.4 Å². The fourth-order valence-electron chi connectivity index (χ4n) is 4.38. The number of nitrogens with two attached hydrogens (primary N) is 1. The zero-order valence-electron chi connectivity index (χ0n) is 21.5. The summed E-state index contributed by atoms with van der Waals surface area (Å²) in [5.41, 5.74) is 7.05. The molecule has 1 aliphatic heterocycles. The van der Waals surface area contributed by atoms with E-state index < -0.39 is 36.7 Å². The number of carbonyl (C=O) groups is 4. The number of nitrogens with zero attached hydrogens (tertiary/aromatic N) is 3. The number of aliphatic hydroxyl groups excluding tert-OH is 1. The number of nitrogens with one attached hydrogen (secondary N) is 1. The number of Topliss-reactive ketones (excluding diaryl/α,β-unsaturated/α-hetero) is 1. The van der Waals surface area contributed by atoms with Crippen molar-refractivity contribution in [3.8, 4) is 0 Å². The van der Waals surface area contributed by atoms with Crippen molar-refractivity contribution in [3.63, 3.8) is 0 Å². The van der Waals surface area contributed by atoms with E-state index in [4.69, 9.17) is 5.73 Å². The Balaban J connectivity index is 2.25. The second-order valence-electron chi connectivity index (χ2n) is 9.63. The first-order chi connectivity index (χ1) is 16.4. The molecule has 1 heterocycles. The van der Waals surface area contributed by atoms with E-state index in [1.165, 1.54) is 9.80 Å². The van der Waals surface area contributed by atoms with Crippen molar-refractivity contribution in [1.29, 1.82) is 0 Å². The van der Waals surface area contributed by atoms with Crippen molar-refractivity contribution in [3.05, 3.63) is 29.8 Å². The molecule has 0 aromatic heterocycles. The molecule has 194 valence electrons.